The molecule has 2 aromatic carbocycles. The van der Waals surface area contributed by atoms with E-state index in [1.165, 1.54) is 6.07 Å². The fraction of sp³-hybridized carbons (Fsp3) is 0.517. The van der Waals surface area contributed by atoms with Gasteiger partial charge in [0.05, 0.1) is 12.1 Å². The lowest BCUT2D eigenvalue weighted by Crippen LogP contribution is -2.51. The molecule has 0 aliphatic carbocycles. The summed E-state index contributed by atoms with van der Waals surface area (Å²) in [6.45, 7) is 8.58. The van der Waals surface area contributed by atoms with Gasteiger partial charge in [-0.1, -0.05) is 20.8 Å². The summed E-state index contributed by atoms with van der Waals surface area (Å²) in [5.41, 5.74) is 1.52. The molecule has 0 fully saturated rings. The number of aliphatic hydroxyl groups is 2. The molecular weight excluding hydrogens is 510 g/mol. The predicted molar refractivity (Wildman–Crippen MR) is 149 cm³/mol. The average Bonchev–Trinajstić information content (AvgIpc) is 2.87. The first kappa shape index (κ1) is 31.7. The van der Waals surface area contributed by atoms with Crippen LogP contribution in [0.3, 0.4) is 0 Å². The van der Waals surface area contributed by atoms with E-state index in [9.17, 15) is 28.6 Å². The number of halogens is 2. The molecule has 210 valence electrons. The van der Waals surface area contributed by atoms with E-state index >= 15 is 0 Å². The molecule has 2 amide bonds. The molecule has 2 rings (SSSR count). The molecule has 0 saturated heterocycles. The first-order chi connectivity index (χ1) is 18.0. The normalized spacial score (nSPS) is 14.4. The molecule has 0 aromatic heterocycles. The Morgan fingerprint density at radius 3 is 2.11 bits per heavy atom. The van der Waals surface area contributed by atoms with Crippen LogP contribution in [0, 0.1) is 18.6 Å². The lowest BCUT2D eigenvalue weighted by atomic mass is 9.86. The topological polar surface area (TPSA) is 89.9 Å². The smallest absolute Gasteiger partial charge is 0.253 e. The van der Waals surface area contributed by atoms with Gasteiger partial charge in [0.1, 0.15) is 17.7 Å². The van der Waals surface area contributed by atoms with Gasteiger partial charge in [-0.15, -0.1) is 0 Å². The zero-order chi connectivity index (χ0) is 28.4. The van der Waals surface area contributed by atoms with Gasteiger partial charge < -0.3 is 20.4 Å². The summed E-state index contributed by atoms with van der Waals surface area (Å²) in [7, 11) is 0. The second kappa shape index (κ2) is 15.2. The number of hydrogen-bond acceptors (Lipinski definition) is 5. The van der Waals surface area contributed by atoms with Crippen LogP contribution in [0.5, 0.6) is 0 Å². The largest absolute Gasteiger partial charge is 0.390 e. The Morgan fingerprint density at radius 2 is 1.55 bits per heavy atom. The second-order valence-electron chi connectivity index (χ2n) is 9.79. The van der Waals surface area contributed by atoms with Gasteiger partial charge in [0.25, 0.3) is 11.8 Å². The monoisotopic (exact) mass is 550 g/mol. The minimum atomic E-state index is -1.42. The number of hydrogen-bond donors (Lipinski definition) is 4. The molecule has 4 unspecified atom stereocenters. The maximum Gasteiger partial charge on any atom is 0.253 e. The van der Waals surface area contributed by atoms with Crippen molar-refractivity contribution in [2.24, 2.45) is 0 Å². The van der Waals surface area contributed by atoms with E-state index in [1.54, 1.807) is 30.9 Å². The van der Waals surface area contributed by atoms with Gasteiger partial charge in [0.2, 0.25) is 0 Å². The van der Waals surface area contributed by atoms with Crippen LogP contribution in [0.2, 0.25) is 0 Å². The molecule has 0 aliphatic heterocycles. The Kier molecular flexibility index (Phi) is 12.7. The fourth-order valence-electron chi connectivity index (χ4n) is 4.57. The van der Waals surface area contributed by atoms with Crippen molar-refractivity contribution in [3.05, 3.63) is 70.3 Å². The van der Waals surface area contributed by atoms with E-state index in [0.29, 0.717) is 36.4 Å². The summed E-state index contributed by atoms with van der Waals surface area (Å²) in [5.74, 6) is -2.57. The van der Waals surface area contributed by atoms with E-state index in [1.807, 2.05) is 13.8 Å². The van der Waals surface area contributed by atoms with Gasteiger partial charge >= 0.3 is 0 Å². The molecule has 0 aliphatic rings. The van der Waals surface area contributed by atoms with Crippen LogP contribution in [0.1, 0.15) is 84.2 Å². The molecule has 0 saturated carbocycles. The Hall–Kier alpha value is -2.49. The molecule has 0 bridgehead atoms. The van der Waals surface area contributed by atoms with Crippen molar-refractivity contribution in [2.75, 3.05) is 18.8 Å². The average molecular weight is 551 g/mol. The highest BCUT2D eigenvalue weighted by Crippen LogP contribution is 2.26. The van der Waals surface area contributed by atoms with Crippen LogP contribution in [-0.2, 0) is 0 Å². The first-order valence-corrected chi connectivity index (χ1v) is 13.8. The van der Waals surface area contributed by atoms with Gasteiger partial charge in [0, 0.05) is 36.2 Å². The Morgan fingerprint density at radius 1 is 0.974 bits per heavy atom. The number of carbonyl (C=O) groups excluding carboxylic acids is 2. The third-order valence-electron chi connectivity index (χ3n) is 6.53. The number of carbonyl (C=O) groups is 2. The lowest BCUT2D eigenvalue weighted by Gasteiger charge is -2.32. The van der Waals surface area contributed by atoms with Crippen LogP contribution in [0.15, 0.2) is 36.4 Å². The Bertz CT molecular complexity index is 1060. The van der Waals surface area contributed by atoms with Crippen molar-refractivity contribution in [2.45, 2.75) is 77.5 Å². The highest BCUT2D eigenvalue weighted by Gasteiger charge is 2.33. The van der Waals surface area contributed by atoms with Crippen molar-refractivity contribution in [3.63, 3.8) is 0 Å². The third kappa shape index (κ3) is 8.78. The van der Waals surface area contributed by atoms with Gasteiger partial charge in [0.15, 0.2) is 0 Å². The van der Waals surface area contributed by atoms with Gasteiger partial charge in [-0.2, -0.15) is 12.6 Å². The molecule has 38 heavy (non-hydrogen) atoms. The molecule has 0 heterocycles. The van der Waals surface area contributed by atoms with E-state index < -0.39 is 41.7 Å². The molecule has 9 heteroatoms. The van der Waals surface area contributed by atoms with Crippen molar-refractivity contribution >= 4 is 24.4 Å². The second-order valence-corrected chi connectivity index (χ2v) is 10.2. The Balaban J connectivity index is 2.41. The van der Waals surface area contributed by atoms with E-state index in [0.717, 1.165) is 31.0 Å². The zero-order valence-corrected chi connectivity index (χ0v) is 23.5. The van der Waals surface area contributed by atoms with E-state index in [-0.39, 0.29) is 23.5 Å². The number of benzene rings is 2. The summed E-state index contributed by atoms with van der Waals surface area (Å²) >= 11 is 4.14. The summed E-state index contributed by atoms with van der Waals surface area (Å²) in [4.78, 5) is 28.3. The summed E-state index contributed by atoms with van der Waals surface area (Å²) in [6.07, 6.45) is -0.248. The van der Waals surface area contributed by atoms with Crippen molar-refractivity contribution in [1.82, 2.24) is 10.2 Å². The van der Waals surface area contributed by atoms with Crippen LogP contribution in [0.25, 0.3) is 0 Å². The first-order valence-electron chi connectivity index (χ1n) is 13.2. The quantitative estimate of drug-likeness (QED) is 0.253. The maximum atomic E-state index is 14.0. The molecule has 2 aromatic rings. The maximum absolute atomic E-state index is 14.0. The van der Waals surface area contributed by atoms with Crippen LogP contribution in [0.4, 0.5) is 8.78 Å². The molecule has 3 N–H and O–H groups in total. The highest BCUT2D eigenvalue weighted by molar-refractivity contribution is 7.80. The minimum absolute atomic E-state index is 0.172. The number of aryl methyl sites for hydroxylation is 1. The van der Waals surface area contributed by atoms with Gasteiger partial charge in [-0.25, -0.2) is 8.78 Å². The van der Waals surface area contributed by atoms with Crippen LogP contribution < -0.4 is 5.32 Å². The fourth-order valence-corrected chi connectivity index (χ4v) is 4.75. The number of thiol groups is 1. The van der Waals surface area contributed by atoms with Gasteiger partial charge in [-0.05, 0) is 79.8 Å². The SMILES string of the molecule is CCCN(CCC)C(=O)c1cc(C)cc(C(=O)NC(C(C)c2cc(F)cc(F)c2)C(O)C(O)CCCS)c1. The number of nitrogens with one attached hydrogen (secondary N) is 1. The van der Waals surface area contributed by atoms with Crippen molar-refractivity contribution < 1.29 is 28.6 Å². The van der Waals surface area contributed by atoms with Gasteiger partial charge in [-0.3, -0.25) is 9.59 Å². The standard InChI is InChI=1S/C29H40F2N2O4S/c1-5-9-33(10-6-2)29(37)22-13-18(3)12-21(14-22)28(36)32-26(27(35)25(34)8-7-11-38)19(4)20-15-23(30)17-24(31)16-20/h12-17,19,25-27,34-35,38H,5-11H2,1-4H3,(H,32,36). The summed E-state index contributed by atoms with van der Waals surface area (Å²) in [5, 5.41) is 24.4. The molecular formula is C29H40F2N2O4S. The van der Waals surface area contributed by atoms with Crippen molar-refractivity contribution in [3.8, 4) is 0 Å². The third-order valence-corrected chi connectivity index (χ3v) is 6.84. The molecule has 0 radical (unpaired) electrons. The van der Waals surface area contributed by atoms with E-state index in [4.69, 9.17) is 0 Å². The molecule has 0 spiro atoms. The minimum Gasteiger partial charge on any atom is -0.390 e. The highest BCUT2D eigenvalue weighted by atomic mass is 32.1. The molecule has 4 atom stereocenters. The summed E-state index contributed by atoms with van der Waals surface area (Å²) < 4.78 is 27.9. The predicted octanol–water partition coefficient (Wildman–Crippen LogP) is 4.87. The number of aliphatic hydroxyl groups excluding tert-OH is 2. The lowest BCUT2D eigenvalue weighted by molar-refractivity contribution is -0.0120. The van der Waals surface area contributed by atoms with Crippen LogP contribution >= 0.6 is 12.6 Å². The number of rotatable bonds is 14. The van der Waals surface area contributed by atoms with Crippen LogP contribution in [-0.4, -0.2) is 64.0 Å². The Labute approximate surface area is 229 Å². The zero-order valence-electron chi connectivity index (χ0n) is 22.6. The van der Waals surface area contributed by atoms with E-state index in [2.05, 4.69) is 17.9 Å². The summed E-state index contributed by atoms with van der Waals surface area (Å²) in [6, 6.07) is 6.81. The van der Waals surface area contributed by atoms with Crippen molar-refractivity contribution in [1.29, 1.82) is 0 Å². The molecule has 6 nitrogen and oxygen atoms in total. The number of amides is 2. The number of nitrogens with zero attached hydrogens (tertiary/aromatic N) is 1.